The number of benzene rings is 1. The summed E-state index contributed by atoms with van der Waals surface area (Å²) in [6, 6.07) is 8.41. The fourth-order valence-electron chi connectivity index (χ4n) is 2.00. The van der Waals surface area contributed by atoms with Crippen LogP contribution in [0.25, 0.3) is 0 Å². The molecule has 1 aliphatic heterocycles. The van der Waals surface area contributed by atoms with E-state index in [1.54, 1.807) is 7.11 Å². The third-order valence-corrected chi connectivity index (χ3v) is 3.22. The topological polar surface area (TPSA) is 39.7 Å². The van der Waals surface area contributed by atoms with Crippen molar-refractivity contribution >= 4 is 0 Å². The molecule has 1 N–H and O–H groups in total. The Morgan fingerprint density at radius 2 is 2.39 bits per heavy atom. The van der Waals surface area contributed by atoms with Crippen LogP contribution < -0.4 is 10.1 Å². The van der Waals surface area contributed by atoms with Crippen molar-refractivity contribution < 1.29 is 14.2 Å². The monoisotopic (exact) mass is 251 g/mol. The Labute approximate surface area is 108 Å². The normalized spacial score (nSPS) is 21.6. The van der Waals surface area contributed by atoms with Crippen molar-refractivity contribution in [3.8, 4) is 5.75 Å². The summed E-state index contributed by atoms with van der Waals surface area (Å²) in [5, 5.41) is 3.48. The Balaban J connectivity index is 1.84. The first-order valence-corrected chi connectivity index (χ1v) is 6.36. The highest BCUT2D eigenvalue weighted by Crippen LogP contribution is 2.19. The fraction of sp³-hybridized carbons (Fsp3) is 0.571. The van der Waals surface area contributed by atoms with E-state index in [1.165, 1.54) is 5.56 Å². The van der Waals surface area contributed by atoms with E-state index in [0.29, 0.717) is 6.79 Å². The summed E-state index contributed by atoms with van der Waals surface area (Å²) in [6.45, 7) is 4.20. The summed E-state index contributed by atoms with van der Waals surface area (Å²) >= 11 is 0. The average molecular weight is 251 g/mol. The maximum Gasteiger partial charge on any atom is 0.147 e. The van der Waals surface area contributed by atoms with Crippen LogP contribution in [0.4, 0.5) is 0 Å². The zero-order valence-electron chi connectivity index (χ0n) is 11.0. The summed E-state index contributed by atoms with van der Waals surface area (Å²) in [5.74, 6) is 0.892. The minimum atomic E-state index is 0.256. The molecule has 1 aromatic rings. The van der Waals surface area contributed by atoms with E-state index in [1.807, 2.05) is 12.1 Å². The first-order valence-electron chi connectivity index (χ1n) is 6.36. The van der Waals surface area contributed by atoms with E-state index in [9.17, 15) is 0 Å². The first-order chi connectivity index (χ1) is 8.79. The molecule has 1 unspecified atom stereocenters. The summed E-state index contributed by atoms with van der Waals surface area (Å²) in [5.41, 5.74) is 1.22. The number of rotatable bonds is 5. The van der Waals surface area contributed by atoms with Gasteiger partial charge in [0.05, 0.1) is 19.8 Å². The van der Waals surface area contributed by atoms with E-state index in [2.05, 4.69) is 24.4 Å². The van der Waals surface area contributed by atoms with Crippen LogP contribution in [0.15, 0.2) is 24.3 Å². The molecular weight excluding hydrogens is 230 g/mol. The van der Waals surface area contributed by atoms with Crippen LogP contribution in [0.2, 0.25) is 0 Å². The predicted molar refractivity (Wildman–Crippen MR) is 69.7 cm³/mol. The molecule has 18 heavy (non-hydrogen) atoms. The van der Waals surface area contributed by atoms with Crippen LogP contribution >= 0.6 is 0 Å². The molecule has 1 fully saturated rings. The van der Waals surface area contributed by atoms with Gasteiger partial charge in [-0.2, -0.15) is 0 Å². The Hall–Kier alpha value is -1.10. The molecule has 0 aliphatic carbocycles. The SMILES string of the molecule is COc1cccc([C@H](C)NCC2CCOCO2)c1. The molecule has 4 heteroatoms. The number of hydrogen-bond donors (Lipinski definition) is 1. The zero-order chi connectivity index (χ0) is 12.8. The molecule has 1 aromatic carbocycles. The summed E-state index contributed by atoms with van der Waals surface area (Å²) in [6.07, 6.45) is 1.21. The summed E-state index contributed by atoms with van der Waals surface area (Å²) in [7, 11) is 1.69. The van der Waals surface area contributed by atoms with Crippen molar-refractivity contribution in [2.24, 2.45) is 0 Å². The molecule has 1 saturated heterocycles. The molecule has 4 nitrogen and oxygen atoms in total. The van der Waals surface area contributed by atoms with E-state index >= 15 is 0 Å². The molecule has 0 amide bonds. The largest absolute Gasteiger partial charge is 0.497 e. The maximum atomic E-state index is 5.50. The number of nitrogens with one attached hydrogen (secondary N) is 1. The Morgan fingerprint density at radius 3 is 3.11 bits per heavy atom. The molecule has 2 rings (SSSR count). The second kappa shape index (κ2) is 6.73. The zero-order valence-corrected chi connectivity index (χ0v) is 11.0. The van der Waals surface area contributed by atoms with Gasteiger partial charge < -0.3 is 19.5 Å². The van der Waals surface area contributed by atoms with E-state index in [4.69, 9.17) is 14.2 Å². The molecular formula is C14H21NO3. The third-order valence-electron chi connectivity index (χ3n) is 3.22. The van der Waals surface area contributed by atoms with Gasteiger partial charge in [0.15, 0.2) is 0 Å². The highest BCUT2D eigenvalue weighted by atomic mass is 16.7. The lowest BCUT2D eigenvalue weighted by molar-refractivity contribution is -0.137. The second-order valence-electron chi connectivity index (χ2n) is 4.51. The summed E-state index contributed by atoms with van der Waals surface area (Å²) in [4.78, 5) is 0. The van der Waals surface area contributed by atoms with E-state index < -0.39 is 0 Å². The van der Waals surface area contributed by atoms with Crippen LogP contribution in [-0.2, 0) is 9.47 Å². The average Bonchev–Trinajstić information content (AvgIpc) is 2.46. The minimum absolute atomic E-state index is 0.256. The van der Waals surface area contributed by atoms with Gasteiger partial charge in [-0.15, -0.1) is 0 Å². The predicted octanol–water partition coefficient (Wildman–Crippen LogP) is 2.11. The van der Waals surface area contributed by atoms with Gasteiger partial charge in [-0.25, -0.2) is 0 Å². The molecule has 0 saturated carbocycles. The smallest absolute Gasteiger partial charge is 0.147 e. The molecule has 0 radical (unpaired) electrons. The van der Waals surface area contributed by atoms with Crippen LogP contribution in [-0.4, -0.2) is 33.2 Å². The molecule has 1 heterocycles. The van der Waals surface area contributed by atoms with Crippen LogP contribution in [0.1, 0.15) is 24.9 Å². The molecule has 1 aliphatic rings. The van der Waals surface area contributed by atoms with Gasteiger partial charge in [0.1, 0.15) is 12.5 Å². The van der Waals surface area contributed by atoms with Crippen molar-refractivity contribution in [3.63, 3.8) is 0 Å². The first kappa shape index (κ1) is 13.3. The van der Waals surface area contributed by atoms with Crippen LogP contribution in [0.5, 0.6) is 5.75 Å². The van der Waals surface area contributed by atoms with Gasteiger partial charge in [-0.3, -0.25) is 0 Å². The lowest BCUT2D eigenvalue weighted by Crippen LogP contribution is -2.35. The lowest BCUT2D eigenvalue weighted by atomic mass is 10.1. The number of ether oxygens (including phenoxy) is 3. The van der Waals surface area contributed by atoms with Crippen molar-refractivity contribution in [2.75, 3.05) is 27.1 Å². The second-order valence-corrected chi connectivity index (χ2v) is 4.51. The van der Waals surface area contributed by atoms with Gasteiger partial charge in [0, 0.05) is 12.6 Å². The Morgan fingerprint density at radius 1 is 1.50 bits per heavy atom. The van der Waals surface area contributed by atoms with Crippen LogP contribution in [0, 0.1) is 0 Å². The maximum absolute atomic E-state index is 5.50. The summed E-state index contributed by atoms with van der Waals surface area (Å²) < 4.78 is 15.9. The van der Waals surface area contributed by atoms with Crippen molar-refractivity contribution in [1.29, 1.82) is 0 Å². The Kier molecular flexibility index (Phi) is 4.99. The molecule has 2 atom stereocenters. The number of methoxy groups -OCH3 is 1. The molecule has 100 valence electrons. The van der Waals surface area contributed by atoms with Crippen molar-refractivity contribution in [2.45, 2.75) is 25.5 Å². The van der Waals surface area contributed by atoms with E-state index in [0.717, 1.165) is 25.3 Å². The minimum Gasteiger partial charge on any atom is -0.497 e. The highest BCUT2D eigenvalue weighted by molar-refractivity contribution is 5.30. The lowest BCUT2D eigenvalue weighted by Gasteiger charge is -2.25. The number of hydrogen-bond acceptors (Lipinski definition) is 4. The van der Waals surface area contributed by atoms with Gasteiger partial charge in [-0.05, 0) is 31.0 Å². The molecule has 0 bridgehead atoms. The highest BCUT2D eigenvalue weighted by Gasteiger charge is 2.15. The van der Waals surface area contributed by atoms with Gasteiger partial charge >= 0.3 is 0 Å². The molecule has 0 spiro atoms. The fourth-order valence-corrected chi connectivity index (χ4v) is 2.00. The quantitative estimate of drug-likeness (QED) is 0.870. The van der Waals surface area contributed by atoms with E-state index in [-0.39, 0.29) is 12.1 Å². The van der Waals surface area contributed by atoms with Crippen molar-refractivity contribution in [1.82, 2.24) is 5.32 Å². The van der Waals surface area contributed by atoms with Gasteiger partial charge in [0.2, 0.25) is 0 Å². The molecule has 0 aromatic heterocycles. The van der Waals surface area contributed by atoms with Crippen molar-refractivity contribution in [3.05, 3.63) is 29.8 Å². The van der Waals surface area contributed by atoms with Crippen LogP contribution in [0.3, 0.4) is 0 Å². The Bertz CT molecular complexity index is 364. The third kappa shape index (κ3) is 3.70. The van der Waals surface area contributed by atoms with Gasteiger partial charge in [-0.1, -0.05) is 12.1 Å². The standard InChI is InChI=1S/C14H21NO3/c1-11(12-4-3-5-13(8-12)16-2)15-9-14-6-7-17-10-18-14/h3-5,8,11,14-15H,6-7,9-10H2,1-2H3/t11-,14?/m0/s1. The van der Waals surface area contributed by atoms with Gasteiger partial charge in [0.25, 0.3) is 0 Å².